The van der Waals surface area contributed by atoms with E-state index in [4.69, 9.17) is 11.6 Å². The maximum atomic E-state index is 12.3. The van der Waals surface area contributed by atoms with E-state index in [2.05, 4.69) is 5.32 Å². The van der Waals surface area contributed by atoms with Gasteiger partial charge in [0, 0.05) is 16.5 Å². The fraction of sp³-hybridized carbons (Fsp3) is 0.385. The molecule has 2 amide bonds. The Morgan fingerprint density at radius 2 is 2.10 bits per heavy atom. The Morgan fingerprint density at radius 3 is 2.65 bits per heavy atom. The van der Waals surface area contributed by atoms with Gasteiger partial charge in [-0.25, -0.2) is 9.59 Å². The van der Waals surface area contributed by atoms with Crippen LogP contribution in [0.4, 0.5) is 10.5 Å². The average Bonchev–Trinajstić information content (AvgIpc) is 2.85. The Balaban J connectivity index is 2.12. The first-order valence-corrected chi connectivity index (χ1v) is 7.65. The van der Waals surface area contributed by atoms with E-state index >= 15 is 0 Å². The first kappa shape index (κ1) is 15.0. The summed E-state index contributed by atoms with van der Waals surface area (Å²) in [6.07, 6.45) is 0.711. The Hall–Kier alpha value is -1.40. The maximum absolute atomic E-state index is 12.3. The number of nitrogens with one attached hydrogen (secondary N) is 1. The van der Waals surface area contributed by atoms with E-state index in [0.29, 0.717) is 22.9 Å². The highest BCUT2D eigenvalue weighted by atomic mass is 35.5. The predicted octanol–water partition coefficient (Wildman–Crippen LogP) is 3.11. The van der Waals surface area contributed by atoms with Gasteiger partial charge in [-0.1, -0.05) is 18.5 Å². The molecule has 1 fully saturated rings. The Morgan fingerprint density at radius 1 is 1.45 bits per heavy atom. The zero-order valence-corrected chi connectivity index (χ0v) is 12.4. The summed E-state index contributed by atoms with van der Waals surface area (Å²) in [4.78, 5) is 24.9. The van der Waals surface area contributed by atoms with Gasteiger partial charge in [0.2, 0.25) is 0 Å². The number of benzene rings is 1. The zero-order valence-electron chi connectivity index (χ0n) is 10.9. The van der Waals surface area contributed by atoms with Gasteiger partial charge < -0.3 is 10.4 Å². The van der Waals surface area contributed by atoms with Crippen LogP contribution in [0.3, 0.4) is 0 Å². The van der Waals surface area contributed by atoms with Crippen molar-refractivity contribution in [2.24, 2.45) is 0 Å². The second kappa shape index (κ2) is 6.37. The molecule has 0 saturated carbocycles. The molecule has 2 rings (SSSR count). The number of carbonyl (C=O) groups excluding carboxylic acids is 1. The minimum atomic E-state index is -0.972. The molecule has 1 aliphatic rings. The normalized spacial score (nSPS) is 21.8. The second-order valence-electron chi connectivity index (χ2n) is 4.39. The fourth-order valence-electron chi connectivity index (χ4n) is 2.06. The van der Waals surface area contributed by atoms with Gasteiger partial charge in [0.1, 0.15) is 6.04 Å². The number of carboxylic acid groups (broad SMARTS) is 1. The van der Waals surface area contributed by atoms with Gasteiger partial charge in [-0.3, -0.25) is 4.90 Å². The van der Waals surface area contributed by atoms with Gasteiger partial charge >= 0.3 is 12.0 Å². The lowest BCUT2D eigenvalue weighted by Gasteiger charge is -2.26. The van der Waals surface area contributed by atoms with Crippen molar-refractivity contribution >= 4 is 41.1 Å². The van der Waals surface area contributed by atoms with E-state index in [1.807, 2.05) is 6.92 Å². The van der Waals surface area contributed by atoms with Crippen molar-refractivity contribution < 1.29 is 14.7 Å². The van der Waals surface area contributed by atoms with Crippen molar-refractivity contribution in [1.29, 1.82) is 0 Å². The standard InChI is InChI=1S/C13H15ClN2O3S/c1-2-11-16(10(7-20-11)12(17)18)13(19)15-9-5-3-8(14)4-6-9/h3-6,10-11H,2,7H2,1H3,(H,15,19)(H,17,18). The zero-order chi connectivity index (χ0) is 14.7. The fourth-order valence-corrected chi connectivity index (χ4v) is 3.53. The van der Waals surface area contributed by atoms with Crippen molar-refractivity contribution in [1.82, 2.24) is 4.90 Å². The van der Waals surface area contributed by atoms with E-state index in [-0.39, 0.29) is 5.37 Å². The summed E-state index contributed by atoms with van der Waals surface area (Å²) in [6.45, 7) is 1.93. The first-order valence-electron chi connectivity index (χ1n) is 6.22. The van der Waals surface area contributed by atoms with Gasteiger partial charge in [0.25, 0.3) is 0 Å². The van der Waals surface area contributed by atoms with Crippen LogP contribution in [0.5, 0.6) is 0 Å². The number of nitrogens with zero attached hydrogens (tertiary/aromatic N) is 1. The summed E-state index contributed by atoms with van der Waals surface area (Å²) >= 11 is 7.27. The molecule has 0 aromatic heterocycles. The van der Waals surface area contributed by atoms with Crippen LogP contribution in [0.25, 0.3) is 0 Å². The third-order valence-corrected chi connectivity index (χ3v) is 4.76. The predicted molar refractivity (Wildman–Crippen MR) is 80.3 cm³/mol. The molecular formula is C13H15ClN2O3S. The largest absolute Gasteiger partial charge is 0.480 e. The second-order valence-corrected chi connectivity index (χ2v) is 6.04. The number of thioether (sulfide) groups is 1. The van der Waals surface area contributed by atoms with Crippen LogP contribution in [0.2, 0.25) is 5.02 Å². The summed E-state index contributed by atoms with van der Waals surface area (Å²) in [6, 6.07) is 5.53. The molecule has 0 radical (unpaired) electrons. The highest BCUT2D eigenvalue weighted by Crippen LogP contribution is 2.32. The molecule has 2 atom stereocenters. The van der Waals surface area contributed by atoms with Crippen LogP contribution in [-0.4, -0.2) is 39.2 Å². The minimum absolute atomic E-state index is 0.108. The summed E-state index contributed by atoms with van der Waals surface area (Å²) in [5, 5.41) is 12.4. The Kier molecular flexibility index (Phi) is 4.77. The van der Waals surface area contributed by atoms with Crippen molar-refractivity contribution in [2.75, 3.05) is 11.1 Å². The lowest BCUT2D eigenvalue weighted by Crippen LogP contribution is -2.47. The highest BCUT2D eigenvalue weighted by Gasteiger charge is 2.40. The van der Waals surface area contributed by atoms with Crippen LogP contribution in [0, 0.1) is 0 Å². The van der Waals surface area contributed by atoms with E-state index in [1.165, 1.54) is 16.7 Å². The van der Waals surface area contributed by atoms with Crippen LogP contribution < -0.4 is 5.32 Å². The third-order valence-electron chi connectivity index (χ3n) is 3.06. The average molecular weight is 315 g/mol. The topological polar surface area (TPSA) is 69.6 Å². The summed E-state index contributed by atoms with van der Waals surface area (Å²) in [5.74, 6) is -0.554. The van der Waals surface area contributed by atoms with Crippen LogP contribution >= 0.6 is 23.4 Å². The highest BCUT2D eigenvalue weighted by molar-refractivity contribution is 8.00. The van der Waals surface area contributed by atoms with Crippen molar-refractivity contribution in [3.05, 3.63) is 29.3 Å². The Labute approximate surface area is 126 Å². The third kappa shape index (κ3) is 3.19. The molecule has 1 aromatic rings. The van der Waals surface area contributed by atoms with Gasteiger partial charge in [-0.05, 0) is 30.7 Å². The number of carboxylic acids is 1. The van der Waals surface area contributed by atoms with Crippen molar-refractivity contribution in [3.63, 3.8) is 0 Å². The van der Waals surface area contributed by atoms with E-state index in [1.54, 1.807) is 24.3 Å². The van der Waals surface area contributed by atoms with Gasteiger partial charge in [-0.15, -0.1) is 11.8 Å². The van der Waals surface area contributed by atoms with E-state index < -0.39 is 18.0 Å². The van der Waals surface area contributed by atoms with Crippen LogP contribution in [0.1, 0.15) is 13.3 Å². The molecule has 0 aliphatic carbocycles. The number of hydrogen-bond acceptors (Lipinski definition) is 3. The number of halogens is 1. The quantitative estimate of drug-likeness (QED) is 0.899. The molecule has 1 heterocycles. The number of anilines is 1. The van der Waals surface area contributed by atoms with Crippen LogP contribution in [0.15, 0.2) is 24.3 Å². The van der Waals surface area contributed by atoms with Crippen molar-refractivity contribution in [2.45, 2.75) is 24.8 Å². The van der Waals surface area contributed by atoms with E-state index in [0.717, 1.165) is 0 Å². The molecule has 1 aromatic carbocycles. The number of aliphatic carboxylic acids is 1. The molecular weight excluding hydrogens is 300 g/mol. The van der Waals surface area contributed by atoms with Crippen LogP contribution in [-0.2, 0) is 4.79 Å². The van der Waals surface area contributed by atoms with Crippen molar-refractivity contribution in [3.8, 4) is 0 Å². The number of urea groups is 1. The molecule has 5 nitrogen and oxygen atoms in total. The maximum Gasteiger partial charge on any atom is 0.327 e. The molecule has 2 N–H and O–H groups in total. The Bertz CT molecular complexity index is 509. The molecule has 20 heavy (non-hydrogen) atoms. The van der Waals surface area contributed by atoms with Gasteiger partial charge in [0.15, 0.2) is 0 Å². The lowest BCUT2D eigenvalue weighted by molar-refractivity contribution is -0.141. The number of carbonyl (C=O) groups is 2. The molecule has 1 saturated heterocycles. The lowest BCUT2D eigenvalue weighted by atomic mass is 10.2. The van der Waals surface area contributed by atoms with E-state index in [9.17, 15) is 14.7 Å². The smallest absolute Gasteiger partial charge is 0.327 e. The molecule has 0 bridgehead atoms. The summed E-state index contributed by atoms with van der Waals surface area (Å²) in [5.41, 5.74) is 0.593. The van der Waals surface area contributed by atoms with Gasteiger partial charge in [0.05, 0.1) is 5.37 Å². The van der Waals surface area contributed by atoms with Gasteiger partial charge in [-0.2, -0.15) is 0 Å². The summed E-state index contributed by atoms with van der Waals surface area (Å²) in [7, 11) is 0. The SMILES string of the molecule is CCC1SCC(C(=O)O)N1C(=O)Nc1ccc(Cl)cc1. The molecule has 2 unspecified atom stereocenters. The number of hydrogen-bond donors (Lipinski definition) is 2. The monoisotopic (exact) mass is 314 g/mol. The number of rotatable bonds is 3. The number of amides is 2. The molecule has 0 spiro atoms. The first-order chi connectivity index (χ1) is 9.52. The molecule has 1 aliphatic heterocycles. The molecule has 7 heteroatoms. The minimum Gasteiger partial charge on any atom is -0.480 e. The summed E-state index contributed by atoms with van der Waals surface area (Å²) < 4.78 is 0. The molecule has 108 valence electrons.